The third kappa shape index (κ3) is 4.07. The van der Waals surface area contributed by atoms with Gasteiger partial charge >= 0.3 is 0 Å². The van der Waals surface area contributed by atoms with Gasteiger partial charge in [-0.15, -0.1) is 0 Å². The van der Waals surface area contributed by atoms with E-state index in [1.54, 1.807) is 18.2 Å². The monoisotopic (exact) mass is 368 g/mol. The number of rotatable bonds is 5. The molecule has 2 aliphatic heterocycles. The number of nitrogens with one attached hydrogen (secondary N) is 1. The average Bonchev–Trinajstić information content (AvgIpc) is 2.71. The number of aliphatic hydroxyl groups excluding tert-OH is 1. The van der Waals surface area contributed by atoms with Gasteiger partial charge in [0.15, 0.2) is 11.5 Å². The van der Waals surface area contributed by atoms with E-state index in [0.29, 0.717) is 36.8 Å². The molecule has 2 aliphatic rings. The van der Waals surface area contributed by atoms with E-state index in [9.17, 15) is 9.90 Å². The maximum Gasteiger partial charge on any atom is 0.255 e. The molecule has 2 N–H and O–H groups in total. The van der Waals surface area contributed by atoms with Gasteiger partial charge in [-0.3, -0.25) is 9.69 Å². The maximum absolute atomic E-state index is 12.5. The highest BCUT2D eigenvalue weighted by molar-refractivity contribution is 5.97. The first kappa shape index (κ1) is 17.8. The molecule has 6 nitrogen and oxygen atoms in total. The summed E-state index contributed by atoms with van der Waals surface area (Å²) in [6.45, 7) is 3.38. The molecule has 0 bridgehead atoms. The van der Waals surface area contributed by atoms with Crippen molar-refractivity contribution < 1.29 is 19.4 Å². The van der Waals surface area contributed by atoms with Crippen molar-refractivity contribution in [2.45, 2.75) is 19.1 Å². The number of hydrogen-bond acceptors (Lipinski definition) is 5. The van der Waals surface area contributed by atoms with Crippen LogP contribution in [0, 0.1) is 0 Å². The summed E-state index contributed by atoms with van der Waals surface area (Å²) in [5.74, 6) is 0.796. The van der Waals surface area contributed by atoms with Crippen molar-refractivity contribution >= 4 is 5.91 Å². The Bertz CT molecular complexity index is 824. The normalized spacial score (nSPS) is 17.1. The van der Waals surface area contributed by atoms with Gasteiger partial charge in [0.05, 0.1) is 11.7 Å². The lowest BCUT2D eigenvalue weighted by Gasteiger charge is -2.30. The zero-order valence-corrected chi connectivity index (χ0v) is 15.2. The number of nitrogens with zero attached hydrogens (tertiary/aromatic N) is 1. The predicted octanol–water partition coefficient (Wildman–Crippen LogP) is 1.61. The third-order valence-electron chi connectivity index (χ3n) is 4.99. The molecule has 142 valence electrons. The lowest BCUT2D eigenvalue weighted by atomic mass is 10.00. The maximum atomic E-state index is 12.5. The number of hydrogen-bond donors (Lipinski definition) is 2. The van der Waals surface area contributed by atoms with Gasteiger partial charge in [0.1, 0.15) is 13.2 Å². The van der Waals surface area contributed by atoms with Crippen molar-refractivity contribution in [1.29, 1.82) is 0 Å². The largest absolute Gasteiger partial charge is 0.486 e. The fraction of sp³-hybridized carbons (Fsp3) is 0.381. The van der Waals surface area contributed by atoms with Gasteiger partial charge in [-0.05, 0) is 29.7 Å². The molecule has 27 heavy (non-hydrogen) atoms. The van der Waals surface area contributed by atoms with Crippen LogP contribution in [0.2, 0.25) is 0 Å². The van der Waals surface area contributed by atoms with Crippen molar-refractivity contribution in [3.63, 3.8) is 0 Å². The number of aliphatic hydroxyl groups is 1. The topological polar surface area (TPSA) is 71.0 Å². The zero-order valence-electron chi connectivity index (χ0n) is 15.2. The molecule has 2 heterocycles. The van der Waals surface area contributed by atoms with E-state index in [1.165, 1.54) is 11.1 Å². The lowest BCUT2D eigenvalue weighted by molar-refractivity contribution is 0.0834. The van der Waals surface area contributed by atoms with E-state index in [-0.39, 0.29) is 12.5 Å². The van der Waals surface area contributed by atoms with Gasteiger partial charge in [-0.1, -0.05) is 30.3 Å². The second kappa shape index (κ2) is 7.98. The molecular formula is C21H24N2O4. The number of carbonyl (C=O) groups excluding carboxylic acids is 1. The number of fused-ring (bicyclic) bond motifs is 2. The van der Waals surface area contributed by atoms with Crippen molar-refractivity contribution in [3.8, 4) is 11.5 Å². The summed E-state index contributed by atoms with van der Waals surface area (Å²) in [6.07, 6.45) is 0.360. The standard InChI is InChI=1S/C21H24N2O4/c24-17(14-23-9-8-15-4-1-2-5-16(15)13-23)12-22-21(25)18-6-3-7-19-20(18)27-11-10-26-19/h1-7,17,24H,8-14H2,(H,22,25)/t17-/m0/s1. The van der Waals surface area contributed by atoms with E-state index < -0.39 is 6.10 Å². The smallest absolute Gasteiger partial charge is 0.255 e. The minimum absolute atomic E-state index is 0.196. The number of ether oxygens (including phenoxy) is 2. The number of para-hydroxylation sites is 1. The first-order valence-electron chi connectivity index (χ1n) is 9.35. The molecule has 0 saturated carbocycles. The zero-order chi connectivity index (χ0) is 18.6. The average molecular weight is 368 g/mol. The van der Waals surface area contributed by atoms with Crippen LogP contribution in [0.1, 0.15) is 21.5 Å². The van der Waals surface area contributed by atoms with Gasteiger partial charge < -0.3 is 19.9 Å². The molecule has 0 aliphatic carbocycles. The molecule has 0 spiro atoms. The Morgan fingerprint density at radius 3 is 2.81 bits per heavy atom. The Labute approximate surface area is 158 Å². The second-order valence-electron chi connectivity index (χ2n) is 6.95. The Morgan fingerprint density at radius 2 is 1.93 bits per heavy atom. The third-order valence-corrected chi connectivity index (χ3v) is 4.99. The van der Waals surface area contributed by atoms with Crippen LogP contribution in [-0.2, 0) is 13.0 Å². The van der Waals surface area contributed by atoms with Crippen molar-refractivity contribution in [2.24, 2.45) is 0 Å². The first-order valence-corrected chi connectivity index (χ1v) is 9.35. The van der Waals surface area contributed by atoms with E-state index in [4.69, 9.17) is 9.47 Å². The van der Waals surface area contributed by atoms with Crippen molar-refractivity contribution in [2.75, 3.05) is 32.8 Å². The second-order valence-corrected chi connectivity index (χ2v) is 6.95. The van der Waals surface area contributed by atoms with Gasteiger partial charge in [0.2, 0.25) is 0 Å². The van der Waals surface area contributed by atoms with E-state index in [0.717, 1.165) is 19.5 Å². The van der Waals surface area contributed by atoms with Crippen molar-refractivity contribution in [1.82, 2.24) is 10.2 Å². The highest BCUT2D eigenvalue weighted by Crippen LogP contribution is 2.33. The Balaban J connectivity index is 1.31. The summed E-state index contributed by atoms with van der Waals surface area (Å²) in [7, 11) is 0. The minimum Gasteiger partial charge on any atom is -0.486 e. The summed E-state index contributed by atoms with van der Waals surface area (Å²) in [4.78, 5) is 14.7. The lowest BCUT2D eigenvalue weighted by Crippen LogP contribution is -2.42. The van der Waals surface area contributed by atoms with Crippen LogP contribution in [-0.4, -0.2) is 54.9 Å². The molecule has 0 radical (unpaired) electrons. The Morgan fingerprint density at radius 1 is 1.11 bits per heavy atom. The van der Waals surface area contributed by atoms with Crippen LogP contribution < -0.4 is 14.8 Å². The van der Waals surface area contributed by atoms with E-state index in [2.05, 4.69) is 28.4 Å². The highest BCUT2D eigenvalue weighted by atomic mass is 16.6. The Hall–Kier alpha value is -2.57. The molecule has 0 unspecified atom stereocenters. The fourth-order valence-corrected chi connectivity index (χ4v) is 3.63. The molecule has 0 fully saturated rings. The number of carbonyl (C=O) groups is 1. The highest BCUT2D eigenvalue weighted by Gasteiger charge is 2.22. The predicted molar refractivity (Wildman–Crippen MR) is 101 cm³/mol. The van der Waals surface area contributed by atoms with Crippen LogP contribution in [0.25, 0.3) is 0 Å². The van der Waals surface area contributed by atoms with E-state index in [1.807, 2.05) is 6.07 Å². The SMILES string of the molecule is O=C(NC[C@H](O)CN1CCc2ccccc2C1)c1cccc2c1OCCO2. The Kier molecular flexibility index (Phi) is 5.27. The number of amides is 1. The van der Waals surface area contributed by atoms with Gasteiger partial charge in [-0.25, -0.2) is 0 Å². The fourth-order valence-electron chi connectivity index (χ4n) is 3.63. The molecule has 6 heteroatoms. The summed E-state index contributed by atoms with van der Waals surface area (Å²) in [6, 6.07) is 13.7. The molecule has 0 aromatic heterocycles. The molecule has 1 amide bonds. The molecule has 4 rings (SSSR count). The van der Waals surface area contributed by atoms with Crippen LogP contribution in [0.3, 0.4) is 0 Å². The van der Waals surface area contributed by atoms with Crippen LogP contribution in [0.4, 0.5) is 0 Å². The number of benzene rings is 2. The van der Waals surface area contributed by atoms with Gasteiger partial charge in [0, 0.05) is 26.2 Å². The molecule has 2 aromatic rings. The number of β-amino-alcohol motifs (C(OH)–C–C–N with tert-alkyl or cyclic N) is 1. The van der Waals surface area contributed by atoms with Crippen LogP contribution in [0.5, 0.6) is 11.5 Å². The quantitative estimate of drug-likeness (QED) is 0.839. The minimum atomic E-state index is -0.629. The summed E-state index contributed by atoms with van der Waals surface area (Å²) in [5, 5.41) is 13.2. The summed E-state index contributed by atoms with van der Waals surface area (Å²) in [5.41, 5.74) is 3.13. The first-order chi connectivity index (χ1) is 13.2. The molecule has 2 aromatic carbocycles. The van der Waals surface area contributed by atoms with E-state index >= 15 is 0 Å². The van der Waals surface area contributed by atoms with Crippen molar-refractivity contribution in [3.05, 3.63) is 59.2 Å². The molecular weight excluding hydrogens is 344 g/mol. The van der Waals surface area contributed by atoms with Gasteiger partial charge in [-0.2, -0.15) is 0 Å². The molecule has 1 atom stereocenters. The van der Waals surface area contributed by atoms with Crippen LogP contribution >= 0.6 is 0 Å². The molecule has 0 saturated heterocycles. The van der Waals surface area contributed by atoms with Gasteiger partial charge in [0.25, 0.3) is 5.91 Å². The summed E-state index contributed by atoms with van der Waals surface area (Å²) >= 11 is 0. The summed E-state index contributed by atoms with van der Waals surface area (Å²) < 4.78 is 11.1. The van der Waals surface area contributed by atoms with Crippen LogP contribution in [0.15, 0.2) is 42.5 Å².